The van der Waals surface area contributed by atoms with Gasteiger partial charge in [0.1, 0.15) is 12.6 Å². The first-order valence-electron chi connectivity index (χ1n) is 13.2. The van der Waals surface area contributed by atoms with Crippen molar-refractivity contribution in [2.75, 3.05) is 17.1 Å². The van der Waals surface area contributed by atoms with Crippen molar-refractivity contribution in [1.29, 1.82) is 0 Å². The number of amides is 2. The molecule has 2 amide bonds. The highest BCUT2D eigenvalue weighted by molar-refractivity contribution is 9.10. The van der Waals surface area contributed by atoms with Gasteiger partial charge in [0.25, 0.3) is 5.69 Å². The topological polar surface area (TPSA) is 130 Å². The van der Waals surface area contributed by atoms with Crippen molar-refractivity contribution in [2.24, 2.45) is 0 Å². The normalized spacial score (nSPS) is 12.3. The molecule has 0 saturated carbocycles. The summed E-state index contributed by atoms with van der Waals surface area (Å²) in [4.78, 5) is 40.2. The molecule has 1 N–H and O–H groups in total. The molecular formula is C30H35BrN4O6S. The van der Waals surface area contributed by atoms with Crippen molar-refractivity contribution in [2.45, 2.75) is 52.2 Å². The predicted molar refractivity (Wildman–Crippen MR) is 167 cm³/mol. The van der Waals surface area contributed by atoms with E-state index in [4.69, 9.17) is 0 Å². The molecule has 0 unspecified atom stereocenters. The lowest BCUT2D eigenvalue weighted by molar-refractivity contribution is -0.384. The highest BCUT2D eigenvalue weighted by Crippen LogP contribution is 2.28. The molecule has 0 spiro atoms. The Labute approximate surface area is 255 Å². The summed E-state index contributed by atoms with van der Waals surface area (Å²) in [6.45, 7) is 6.46. The standard InChI is InChI=1S/C30H35BrN4O6S/c1-21-14-15-25(35(38)39)18-26(21)34(42(5,40)41)20-28(36)33(19-23-12-9-13-24(31)16-23)27(29(37)32-30(2,3)4)17-22-10-7-6-8-11-22/h6-16,18,27H,17,19-20H2,1-5H3,(H,32,37)/t27-/m0/s1. The van der Waals surface area contributed by atoms with Gasteiger partial charge >= 0.3 is 0 Å². The number of rotatable bonds is 11. The maximum atomic E-state index is 14.2. The number of anilines is 1. The van der Waals surface area contributed by atoms with E-state index < -0.39 is 44.9 Å². The average molecular weight is 660 g/mol. The maximum absolute atomic E-state index is 14.2. The monoisotopic (exact) mass is 658 g/mol. The maximum Gasteiger partial charge on any atom is 0.271 e. The molecule has 1 atom stereocenters. The number of aryl methyl sites for hydroxylation is 1. The first-order chi connectivity index (χ1) is 19.5. The molecule has 0 saturated heterocycles. The molecule has 0 aromatic heterocycles. The highest BCUT2D eigenvalue weighted by atomic mass is 79.9. The first-order valence-corrected chi connectivity index (χ1v) is 15.8. The summed E-state index contributed by atoms with van der Waals surface area (Å²) >= 11 is 3.45. The molecule has 224 valence electrons. The van der Waals surface area contributed by atoms with Crippen LogP contribution in [0.1, 0.15) is 37.5 Å². The van der Waals surface area contributed by atoms with Crippen molar-refractivity contribution in [3.8, 4) is 0 Å². The summed E-state index contributed by atoms with van der Waals surface area (Å²) in [7, 11) is -4.07. The van der Waals surface area contributed by atoms with Gasteiger partial charge in [0.15, 0.2) is 0 Å². The molecule has 3 rings (SSSR count). The molecule has 3 aromatic rings. The molecule has 3 aromatic carbocycles. The molecule has 10 nitrogen and oxygen atoms in total. The van der Waals surface area contributed by atoms with Crippen LogP contribution in [0.3, 0.4) is 0 Å². The molecule has 0 aliphatic rings. The number of nitrogens with one attached hydrogen (secondary N) is 1. The number of carbonyl (C=O) groups is 2. The lowest BCUT2D eigenvalue weighted by atomic mass is 10.0. The van der Waals surface area contributed by atoms with Gasteiger partial charge in [0.2, 0.25) is 21.8 Å². The smallest absolute Gasteiger partial charge is 0.271 e. The number of carbonyl (C=O) groups excluding carboxylic acids is 2. The van der Waals surface area contributed by atoms with E-state index in [1.807, 2.05) is 69.3 Å². The molecule has 0 aliphatic heterocycles. The number of nitrogens with zero attached hydrogens (tertiary/aromatic N) is 3. The third kappa shape index (κ3) is 9.12. The molecule has 12 heteroatoms. The van der Waals surface area contributed by atoms with Crippen molar-refractivity contribution >= 4 is 49.1 Å². The summed E-state index contributed by atoms with van der Waals surface area (Å²) < 4.78 is 27.6. The van der Waals surface area contributed by atoms with E-state index >= 15 is 0 Å². The number of nitro groups is 1. The summed E-state index contributed by atoms with van der Waals surface area (Å²) in [5.41, 5.74) is 1.07. The third-order valence-corrected chi connectivity index (χ3v) is 7.98. The van der Waals surface area contributed by atoms with Gasteiger partial charge in [-0.1, -0.05) is 64.5 Å². The van der Waals surface area contributed by atoms with E-state index in [1.165, 1.54) is 17.0 Å². The van der Waals surface area contributed by atoms with Gasteiger partial charge in [0, 0.05) is 35.1 Å². The Morgan fingerprint density at radius 2 is 1.64 bits per heavy atom. The zero-order valence-corrected chi connectivity index (χ0v) is 26.6. The SMILES string of the molecule is Cc1ccc([N+](=O)[O-])cc1N(CC(=O)N(Cc1cccc(Br)c1)[C@@H](Cc1ccccc1)C(=O)NC(C)(C)C)S(C)(=O)=O. The van der Waals surface area contributed by atoms with Crippen molar-refractivity contribution in [1.82, 2.24) is 10.2 Å². The Kier molecular flexibility index (Phi) is 10.5. The van der Waals surface area contributed by atoms with Crippen LogP contribution < -0.4 is 9.62 Å². The predicted octanol–water partition coefficient (Wildman–Crippen LogP) is 4.99. The van der Waals surface area contributed by atoms with Crippen LogP contribution >= 0.6 is 15.9 Å². The van der Waals surface area contributed by atoms with E-state index in [1.54, 1.807) is 13.0 Å². The van der Waals surface area contributed by atoms with Gasteiger partial charge in [-0.2, -0.15) is 0 Å². The number of sulfonamides is 1. The Morgan fingerprint density at radius 3 is 2.21 bits per heavy atom. The molecule has 0 fully saturated rings. The van der Waals surface area contributed by atoms with Gasteiger partial charge in [-0.15, -0.1) is 0 Å². The van der Waals surface area contributed by atoms with Crippen molar-refractivity contribution < 1.29 is 22.9 Å². The minimum absolute atomic E-state index is 0.0128. The summed E-state index contributed by atoms with van der Waals surface area (Å²) in [6.07, 6.45) is 1.11. The van der Waals surface area contributed by atoms with E-state index in [0.29, 0.717) is 5.56 Å². The van der Waals surface area contributed by atoms with Crippen LogP contribution in [0.2, 0.25) is 0 Å². The summed E-state index contributed by atoms with van der Waals surface area (Å²) in [5.74, 6) is -1.04. The summed E-state index contributed by atoms with van der Waals surface area (Å²) in [6, 6.07) is 19.4. The Morgan fingerprint density at radius 1 is 1.00 bits per heavy atom. The van der Waals surface area contributed by atoms with Gasteiger partial charge in [-0.25, -0.2) is 8.42 Å². The second-order valence-corrected chi connectivity index (χ2v) is 13.9. The fourth-order valence-corrected chi connectivity index (χ4v) is 5.76. The quantitative estimate of drug-likeness (QED) is 0.228. The number of hydrogen-bond donors (Lipinski definition) is 1. The lowest BCUT2D eigenvalue weighted by Crippen LogP contribution is -2.56. The first kappa shape index (κ1) is 32.7. The van der Waals surface area contributed by atoms with E-state index in [9.17, 15) is 28.1 Å². The lowest BCUT2D eigenvalue weighted by Gasteiger charge is -2.35. The van der Waals surface area contributed by atoms with Gasteiger partial charge < -0.3 is 10.2 Å². The van der Waals surface area contributed by atoms with Crippen LogP contribution in [0.5, 0.6) is 0 Å². The number of nitro benzene ring substituents is 1. The Hall–Kier alpha value is -3.77. The molecule has 0 aliphatic carbocycles. The highest BCUT2D eigenvalue weighted by Gasteiger charge is 2.35. The molecule has 0 radical (unpaired) electrons. The third-order valence-electron chi connectivity index (χ3n) is 6.36. The molecule has 0 bridgehead atoms. The summed E-state index contributed by atoms with van der Waals surface area (Å²) in [5, 5.41) is 14.4. The molecular weight excluding hydrogens is 624 g/mol. The number of non-ortho nitro benzene ring substituents is 1. The van der Waals surface area contributed by atoms with Crippen LogP contribution in [-0.2, 0) is 32.6 Å². The van der Waals surface area contributed by atoms with Crippen LogP contribution in [0.4, 0.5) is 11.4 Å². The largest absolute Gasteiger partial charge is 0.350 e. The fraction of sp³-hybridized carbons (Fsp3) is 0.333. The number of hydrogen-bond acceptors (Lipinski definition) is 6. The Bertz CT molecular complexity index is 1560. The molecule has 0 heterocycles. The minimum Gasteiger partial charge on any atom is -0.350 e. The number of halogens is 1. The van der Waals surface area contributed by atoms with Crippen LogP contribution in [0, 0.1) is 17.0 Å². The van der Waals surface area contributed by atoms with Crippen molar-refractivity contribution in [3.05, 3.63) is 104 Å². The van der Waals surface area contributed by atoms with Gasteiger partial charge in [-0.05, 0) is 56.5 Å². The molecule has 42 heavy (non-hydrogen) atoms. The van der Waals surface area contributed by atoms with Crippen LogP contribution in [0.25, 0.3) is 0 Å². The van der Waals surface area contributed by atoms with Crippen molar-refractivity contribution in [3.63, 3.8) is 0 Å². The van der Waals surface area contributed by atoms with E-state index in [2.05, 4.69) is 21.2 Å². The van der Waals surface area contributed by atoms with E-state index in [0.717, 1.165) is 32.2 Å². The average Bonchev–Trinajstić information content (AvgIpc) is 2.88. The fourth-order valence-electron chi connectivity index (χ4n) is 4.41. The van der Waals surface area contributed by atoms with E-state index in [-0.39, 0.29) is 24.3 Å². The van der Waals surface area contributed by atoms with Crippen LogP contribution in [0.15, 0.2) is 77.3 Å². The zero-order valence-electron chi connectivity index (χ0n) is 24.2. The second-order valence-electron chi connectivity index (χ2n) is 11.1. The number of benzene rings is 3. The zero-order chi connectivity index (χ0) is 31.2. The second kappa shape index (κ2) is 13.5. The van der Waals surface area contributed by atoms with Gasteiger partial charge in [0.05, 0.1) is 16.9 Å². The minimum atomic E-state index is -4.07. The van der Waals surface area contributed by atoms with Gasteiger partial charge in [-0.3, -0.25) is 24.0 Å². The van der Waals surface area contributed by atoms with Crippen LogP contribution in [-0.4, -0.2) is 54.4 Å². The Balaban J connectivity index is 2.13.